The molecule has 0 aliphatic rings. The number of hydrogen-bond acceptors (Lipinski definition) is 2. The lowest BCUT2D eigenvalue weighted by molar-refractivity contribution is 0.0963. The van der Waals surface area contributed by atoms with Gasteiger partial charge in [-0.25, -0.2) is 4.84 Å². The van der Waals surface area contributed by atoms with Crippen LogP contribution in [0.25, 0.3) is 0 Å². The van der Waals surface area contributed by atoms with Gasteiger partial charge in [0, 0.05) is 19.2 Å². The number of nitrogens with one attached hydrogen (secondary N) is 2. The lowest BCUT2D eigenvalue weighted by Crippen LogP contribution is -2.18. The predicted octanol–water partition coefficient (Wildman–Crippen LogP) is 1.29. The molecule has 70 valence electrons. The Morgan fingerprint density at radius 2 is 2.31 bits per heavy atom. The van der Waals surface area contributed by atoms with E-state index in [4.69, 9.17) is 11.8 Å². The van der Waals surface area contributed by atoms with Crippen molar-refractivity contribution in [3.05, 3.63) is 35.4 Å². The van der Waals surface area contributed by atoms with E-state index < -0.39 is 0 Å². The Labute approximate surface area is 82.2 Å². The summed E-state index contributed by atoms with van der Waals surface area (Å²) in [5.41, 5.74) is 1.63. The fraction of sp³-hybridized carbons (Fsp3) is 0.222. The molecule has 0 aliphatic carbocycles. The number of carbonyl (C=O) groups excluding carboxylic acids is 1. The third-order valence-electron chi connectivity index (χ3n) is 1.69. The van der Waals surface area contributed by atoms with E-state index in [9.17, 15) is 4.79 Å². The molecule has 1 aromatic carbocycles. The van der Waals surface area contributed by atoms with E-state index in [0.29, 0.717) is 12.1 Å². The fourth-order valence-corrected chi connectivity index (χ4v) is 1.20. The van der Waals surface area contributed by atoms with Gasteiger partial charge in [0.25, 0.3) is 5.91 Å². The van der Waals surface area contributed by atoms with Crippen LogP contribution in [-0.2, 0) is 6.54 Å². The van der Waals surface area contributed by atoms with Crippen molar-refractivity contribution in [2.75, 3.05) is 7.05 Å². The molecule has 0 saturated heterocycles. The van der Waals surface area contributed by atoms with Crippen molar-refractivity contribution in [2.24, 2.45) is 0 Å². The van der Waals surface area contributed by atoms with Gasteiger partial charge in [-0.3, -0.25) is 4.79 Å². The quantitative estimate of drug-likeness (QED) is 0.719. The van der Waals surface area contributed by atoms with Gasteiger partial charge in [0.2, 0.25) is 0 Å². The van der Waals surface area contributed by atoms with Crippen molar-refractivity contribution in [2.45, 2.75) is 6.54 Å². The summed E-state index contributed by atoms with van der Waals surface area (Å²) in [4.78, 5) is 13.7. The molecule has 0 atom stereocenters. The molecule has 3 nitrogen and oxygen atoms in total. The molecule has 0 spiro atoms. The molecular formula is C9H11ClN2O. The predicted molar refractivity (Wildman–Crippen MR) is 52.5 cm³/mol. The van der Waals surface area contributed by atoms with Gasteiger partial charge in [0.1, 0.15) is 0 Å². The molecule has 0 fully saturated rings. The average Bonchev–Trinajstić information content (AvgIpc) is 2.18. The second-order valence-electron chi connectivity index (χ2n) is 2.59. The van der Waals surface area contributed by atoms with Gasteiger partial charge in [0.15, 0.2) is 0 Å². The lowest BCUT2D eigenvalue weighted by Gasteiger charge is -2.02. The van der Waals surface area contributed by atoms with Crippen LogP contribution in [0.15, 0.2) is 24.3 Å². The summed E-state index contributed by atoms with van der Waals surface area (Å²) < 4.78 is 0. The van der Waals surface area contributed by atoms with E-state index in [1.807, 2.05) is 12.1 Å². The number of carbonyl (C=O) groups is 1. The molecule has 0 bridgehead atoms. The van der Waals surface area contributed by atoms with Gasteiger partial charge in [-0.05, 0) is 29.5 Å². The Bertz CT molecular complexity index is 301. The zero-order valence-electron chi connectivity index (χ0n) is 7.30. The van der Waals surface area contributed by atoms with Crippen molar-refractivity contribution in [1.29, 1.82) is 0 Å². The van der Waals surface area contributed by atoms with Crippen molar-refractivity contribution in [1.82, 2.24) is 10.2 Å². The van der Waals surface area contributed by atoms with E-state index in [-0.39, 0.29) is 5.91 Å². The molecular weight excluding hydrogens is 188 g/mol. The lowest BCUT2D eigenvalue weighted by atomic mass is 10.1. The van der Waals surface area contributed by atoms with Crippen LogP contribution in [0.2, 0.25) is 0 Å². The maximum atomic E-state index is 11.2. The first-order valence-corrected chi connectivity index (χ1v) is 4.30. The topological polar surface area (TPSA) is 41.1 Å². The summed E-state index contributed by atoms with van der Waals surface area (Å²) in [5.74, 6) is -0.0866. The van der Waals surface area contributed by atoms with Crippen molar-refractivity contribution >= 4 is 17.7 Å². The van der Waals surface area contributed by atoms with Gasteiger partial charge in [-0.1, -0.05) is 12.1 Å². The second kappa shape index (κ2) is 4.84. The highest BCUT2D eigenvalue weighted by Gasteiger charge is 2.02. The van der Waals surface area contributed by atoms with Crippen LogP contribution in [0.3, 0.4) is 0 Å². The van der Waals surface area contributed by atoms with Gasteiger partial charge >= 0.3 is 0 Å². The largest absolute Gasteiger partial charge is 0.355 e. The SMILES string of the molecule is CNC(=O)c1cccc(CNCl)c1. The molecule has 2 N–H and O–H groups in total. The Kier molecular flexibility index (Phi) is 3.73. The normalized spacial score (nSPS) is 9.69. The Morgan fingerprint density at radius 3 is 2.92 bits per heavy atom. The van der Waals surface area contributed by atoms with Crippen LogP contribution >= 0.6 is 11.8 Å². The third-order valence-corrected chi connectivity index (χ3v) is 1.82. The van der Waals surface area contributed by atoms with E-state index in [1.54, 1.807) is 19.2 Å². The number of amides is 1. The zero-order chi connectivity index (χ0) is 9.68. The van der Waals surface area contributed by atoms with Crippen molar-refractivity contribution < 1.29 is 4.79 Å². The van der Waals surface area contributed by atoms with Crippen LogP contribution in [0.1, 0.15) is 15.9 Å². The maximum absolute atomic E-state index is 11.2. The molecule has 1 aromatic rings. The number of benzene rings is 1. The highest BCUT2D eigenvalue weighted by Crippen LogP contribution is 2.04. The first-order chi connectivity index (χ1) is 6.27. The Hall–Kier alpha value is -1.06. The highest BCUT2D eigenvalue weighted by atomic mass is 35.5. The van der Waals surface area contributed by atoms with Crippen LogP contribution in [0.5, 0.6) is 0 Å². The molecule has 1 rings (SSSR count). The molecule has 0 unspecified atom stereocenters. The number of rotatable bonds is 3. The summed E-state index contributed by atoms with van der Waals surface area (Å²) in [6.07, 6.45) is 0. The summed E-state index contributed by atoms with van der Waals surface area (Å²) in [6.45, 7) is 0.548. The van der Waals surface area contributed by atoms with Gasteiger partial charge in [0.05, 0.1) is 0 Å². The molecule has 13 heavy (non-hydrogen) atoms. The summed E-state index contributed by atoms with van der Waals surface area (Å²) in [7, 11) is 1.61. The molecule has 1 amide bonds. The summed E-state index contributed by atoms with van der Waals surface area (Å²) >= 11 is 5.35. The van der Waals surface area contributed by atoms with E-state index in [0.717, 1.165) is 5.56 Å². The van der Waals surface area contributed by atoms with Crippen LogP contribution in [0, 0.1) is 0 Å². The fourth-order valence-electron chi connectivity index (χ4n) is 1.04. The molecule has 0 aromatic heterocycles. The van der Waals surface area contributed by atoms with Crippen LogP contribution in [0.4, 0.5) is 0 Å². The van der Waals surface area contributed by atoms with E-state index in [2.05, 4.69) is 10.2 Å². The van der Waals surface area contributed by atoms with Gasteiger partial charge in [-0.15, -0.1) is 0 Å². The first-order valence-electron chi connectivity index (χ1n) is 3.92. The van der Waals surface area contributed by atoms with Crippen molar-refractivity contribution in [3.63, 3.8) is 0 Å². The van der Waals surface area contributed by atoms with Gasteiger partial charge < -0.3 is 5.32 Å². The maximum Gasteiger partial charge on any atom is 0.251 e. The molecule has 0 aliphatic heterocycles. The smallest absolute Gasteiger partial charge is 0.251 e. The van der Waals surface area contributed by atoms with E-state index in [1.165, 1.54) is 0 Å². The first kappa shape index (κ1) is 10.0. The molecule has 0 saturated carbocycles. The minimum Gasteiger partial charge on any atom is -0.355 e. The second-order valence-corrected chi connectivity index (χ2v) is 2.86. The van der Waals surface area contributed by atoms with Gasteiger partial charge in [-0.2, -0.15) is 0 Å². The average molecular weight is 199 g/mol. The third kappa shape index (κ3) is 2.72. The zero-order valence-corrected chi connectivity index (χ0v) is 8.06. The number of halogens is 1. The monoisotopic (exact) mass is 198 g/mol. The highest BCUT2D eigenvalue weighted by molar-refractivity contribution is 6.13. The summed E-state index contributed by atoms with van der Waals surface area (Å²) in [5, 5.41) is 2.56. The number of hydrogen-bond donors (Lipinski definition) is 2. The molecule has 0 radical (unpaired) electrons. The standard InChI is InChI=1S/C9H11ClN2O/c1-11-9(13)8-4-2-3-7(5-8)6-12-10/h2-5,12H,6H2,1H3,(H,11,13). The van der Waals surface area contributed by atoms with Crippen LogP contribution < -0.4 is 10.2 Å². The Balaban J connectivity index is 2.85. The minimum absolute atomic E-state index is 0.0866. The summed E-state index contributed by atoms with van der Waals surface area (Å²) in [6, 6.07) is 7.29. The van der Waals surface area contributed by atoms with Crippen LogP contribution in [-0.4, -0.2) is 13.0 Å². The Morgan fingerprint density at radius 1 is 1.54 bits per heavy atom. The van der Waals surface area contributed by atoms with E-state index >= 15 is 0 Å². The molecule has 0 heterocycles. The molecule has 4 heteroatoms. The van der Waals surface area contributed by atoms with Crippen molar-refractivity contribution in [3.8, 4) is 0 Å². The minimum atomic E-state index is -0.0866.